The quantitative estimate of drug-likeness (QED) is 0.740. The van der Waals surface area contributed by atoms with Crippen molar-refractivity contribution in [2.75, 3.05) is 0 Å². The molecule has 0 saturated carbocycles. The second-order valence-electron chi connectivity index (χ2n) is 5.42. The number of carbonyl (C=O) groups excluding carboxylic acids is 1. The van der Waals surface area contributed by atoms with Crippen LogP contribution in [0.3, 0.4) is 0 Å². The van der Waals surface area contributed by atoms with Crippen molar-refractivity contribution in [3.63, 3.8) is 0 Å². The molecule has 17 heavy (non-hydrogen) atoms. The molecule has 1 rings (SSSR count). The molecule has 0 radical (unpaired) electrons. The first-order chi connectivity index (χ1) is 7.86. The van der Waals surface area contributed by atoms with Gasteiger partial charge in [0.15, 0.2) is 0 Å². The molecule has 0 aliphatic carbocycles. The fraction of sp³-hybridized carbons (Fsp3) is 0.533. The van der Waals surface area contributed by atoms with Gasteiger partial charge in [0.2, 0.25) is 0 Å². The predicted molar refractivity (Wildman–Crippen MR) is 70.3 cm³/mol. The van der Waals surface area contributed by atoms with Gasteiger partial charge in [0.1, 0.15) is 0 Å². The highest BCUT2D eigenvalue weighted by Gasteiger charge is 2.22. The van der Waals surface area contributed by atoms with E-state index < -0.39 is 0 Å². The Morgan fingerprint density at radius 2 is 1.88 bits per heavy atom. The maximum atomic E-state index is 12.1. The van der Waals surface area contributed by atoms with Gasteiger partial charge < -0.3 is 4.74 Å². The van der Waals surface area contributed by atoms with E-state index in [1.165, 1.54) is 0 Å². The third-order valence-electron chi connectivity index (χ3n) is 2.84. The van der Waals surface area contributed by atoms with E-state index in [2.05, 4.69) is 20.8 Å². The topological polar surface area (TPSA) is 26.3 Å². The lowest BCUT2D eigenvalue weighted by molar-refractivity contribution is 0.0331. The van der Waals surface area contributed by atoms with Crippen LogP contribution in [0.15, 0.2) is 24.3 Å². The molecule has 0 bridgehead atoms. The van der Waals surface area contributed by atoms with E-state index in [4.69, 9.17) is 4.74 Å². The molecule has 0 spiro atoms. The molecule has 0 aliphatic rings. The van der Waals surface area contributed by atoms with Crippen LogP contribution in [0, 0.1) is 0 Å². The summed E-state index contributed by atoms with van der Waals surface area (Å²) in [5.74, 6) is -0.218. The molecule has 0 saturated heterocycles. The van der Waals surface area contributed by atoms with Crippen molar-refractivity contribution in [2.24, 2.45) is 0 Å². The molecule has 1 atom stereocenters. The SMILES string of the molecule is CCC(C)OC(=O)c1ccccc1C(C)(C)C. The molecule has 0 heterocycles. The smallest absolute Gasteiger partial charge is 0.338 e. The summed E-state index contributed by atoms with van der Waals surface area (Å²) in [6.45, 7) is 10.2. The molecule has 0 aliphatic heterocycles. The van der Waals surface area contributed by atoms with Crippen molar-refractivity contribution >= 4 is 5.97 Å². The Bertz CT molecular complexity index is 388. The first-order valence-electron chi connectivity index (χ1n) is 6.16. The van der Waals surface area contributed by atoms with Crippen molar-refractivity contribution in [2.45, 2.75) is 52.6 Å². The van der Waals surface area contributed by atoms with Gasteiger partial charge >= 0.3 is 5.97 Å². The molecule has 94 valence electrons. The summed E-state index contributed by atoms with van der Waals surface area (Å²) < 4.78 is 5.38. The molecule has 0 N–H and O–H groups in total. The Kier molecular flexibility index (Phi) is 4.33. The maximum absolute atomic E-state index is 12.1. The summed E-state index contributed by atoms with van der Waals surface area (Å²) in [6, 6.07) is 7.67. The number of hydrogen-bond acceptors (Lipinski definition) is 2. The minimum atomic E-state index is -0.218. The van der Waals surface area contributed by atoms with Gasteiger partial charge in [-0.3, -0.25) is 0 Å². The molecule has 2 nitrogen and oxygen atoms in total. The van der Waals surface area contributed by atoms with Crippen molar-refractivity contribution in [1.82, 2.24) is 0 Å². The summed E-state index contributed by atoms with van der Waals surface area (Å²) in [7, 11) is 0. The third kappa shape index (κ3) is 3.58. The monoisotopic (exact) mass is 234 g/mol. The first kappa shape index (κ1) is 13.8. The van der Waals surface area contributed by atoms with Crippen molar-refractivity contribution in [3.05, 3.63) is 35.4 Å². The Morgan fingerprint density at radius 3 is 2.41 bits per heavy atom. The fourth-order valence-electron chi connectivity index (χ4n) is 1.64. The van der Waals surface area contributed by atoms with E-state index in [-0.39, 0.29) is 17.5 Å². The van der Waals surface area contributed by atoms with Gasteiger partial charge in [-0.05, 0) is 30.4 Å². The number of esters is 1. The number of benzene rings is 1. The zero-order valence-electron chi connectivity index (χ0n) is 11.4. The Balaban J connectivity index is 3.02. The zero-order chi connectivity index (χ0) is 13.1. The first-order valence-corrected chi connectivity index (χ1v) is 6.16. The van der Waals surface area contributed by atoms with E-state index >= 15 is 0 Å². The lowest BCUT2D eigenvalue weighted by Crippen LogP contribution is -2.20. The van der Waals surface area contributed by atoms with E-state index in [1.807, 2.05) is 38.1 Å². The van der Waals surface area contributed by atoms with Crippen LogP contribution >= 0.6 is 0 Å². The Hall–Kier alpha value is -1.31. The molecule has 0 aromatic heterocycles. The van der Waals surface area contributed by atoms with Crippen LogP contribution in [-0.4, -0.2) is 12.1 Å². The average Bonchev–Trinajstić information content (AvgIpc) is 2.27. The fourth-order valence-corrected chi connectivity index (χ4v) is 1.64. The molecule has 1 aromatic carbocycles. The molecule has 0 fully saturated rings. The highest BCUT2D eigenvalue weighted by molar-refractivity contribution is 5.91. The summed E-state index contributed by atoms with van der Waals surface area (Å²) in [6.07, 6.45) is 0.805. The molecular weight excluding hydrogens is 212 g/mol. The van der Waals surface area contributed by atoms with E-state index in [0.717, 1.165) is 12.0 Å². The number of hydrogen-bond donors (Lipinski definition) is 0. The average molecular weight is 234 g/mol. The molecule has 1 unspecified atom stereocenters. The predicted octanol–water partition coefficient (Wildman–Crippen LogP) is 3.94. The lowest BCUT2D eigenvalue weighted by atomic mass is 9.84. The van der Waals surface area contributed by atoms with E-state index in [0.29, 0.717) is 5.56 Å². The maximum Gasteiger partial charge on any atom is 0.338 e. The van der Waals surface area contributed by atoms with Gasteiger partial charge in [0.25, 0.3) is 0 Å². The Morgan fingerprint density at radius 1 is 1.29 bits per heavy atom. The summed E-state index contributed by atoms with van der Waals surface area (Å²) in [4.78, 5) is 12.1. The summed E-state index contributed by atoms with van der Waals surface area (Å²) >= 11 is 0. The minimum absolute atomic E-state index is 0.0319. The number of ether oxygens (including phenoxy) is 1. The van der Waals surface area contributed by atoms with Crippen LogP contribution in [-0.2, 0) is 10.2 Å². The van der Waals surface area contributed by atoms with Crippen molar-refractivity contribution in [3.8, 4) is 0 Å². The second kappa shape index (κ2) is 5.35. The standard InChI is InChI=1S/C15H22O2/c1-6-11(2)17-14(16)12-9-7-8-10-13(12)15(3,4)5/h7-11H,6H2,1-5H3. The number of carbonyl (C=O) groups is 1. The van der Waals surface area contributed by atoms with Crippen molar-refractivity contribution < 1.29 is 9.53 Å². The van der Waals surface area contributed by atoms with Crippen LogP contribution in [0.25, 0.3) is 0 Å². The highest BCUT2D eigenvalue weighted by atomic mass is 16.5. The van der Waals surface area contributed by atoms with Gasteiger partial charge in [-0.15, -0.1) is 0 Å². The van der Waals surface area contributed by atoms with E-state index in [1.54, 1.807) is 0 Å². The second-order valence-corrected chi connectivity index (χ2v) is 5.42. The number of rotatable bonds is 3. The van der Waals surface area contributed by atoms with Crippen LogP contribution in [0.2, 0.25) is 0 Å². The Labute approximate surface area is 104 Å². The van der Waals surface area contributed by atoms with Gasteiger partial charge in [0.05, 0.1) is 11.7 Å². The molecule has 0 amide bonds. The van der Waals surface area contributed by atoms with Crippen molar-refractivity contribution in [1.29, 1.82) is 0 Å². The van der Waals surface area contributed by atoms with Crippen LogP contribution in [0.4, 0.5) is 0 Å². The third-order valence-corrected chi connectivity index (χ3v) is 2.84. The molecule has 1 aromatic rings. The largest absolute Gasteiger partial charge is 0.459 e. The summed E-state index contributed by atoms with van der Waals surface area (Å²) in [5.41, 5.74) is 1.67. The lowest BCUT2D eigenvalue weighted by Gasteiger charge is -2.22. The van der Waals surface area contributed by atoms with Crippen LogP contribution < -0.4 is 0 Å². The minimum Gasteiger partial charge on any atom is -0.459 e. The van der Waals surface area contributed by atoms with Crippen LogP contribution in [0.1, 0.15) is 57.0 Å². The van der Waals surface area contributed by atoms with Crippen LogP contribution in [0.5, 0.6) is 0 Å². The van der Waals surface area contributed by atoms with Gasteiger partial charge in [-0.1, -0.05) is 45.9 Å². The van der Waals surface area contributed by atoms with Gasteiger partial charge in [-0.2, -0.15) is 0 Å². The zero-order valence-corrected chi connectivity index (χ0v) is 11.4. The summed E-state index contributed by atoms with van der Waals surface area (Å²) in [5, 5.41) is 0. The molecular formula is C15H22O2. The highest BCUT2D eigenvalue weighted by Crippen LogP contribution is 2.26. The van der Waals surface area contributed by atoms with Gasteiger partial charge in [-0.25, -0.2) is 4.79 Å². The van der Waals surface area contributed by atoms with Gasteiger partial charge in [0, 0.05) is 0 Å². The molecule has 2 heteroatoms. The normalized spacial score (nSPS) is 13.2. The van der Waals surface area contributed by atoms with E-state index in [9.17, 15) is 4.79 Å².